The first-order chi connectivity index (χ1) is 12.6. The first-order valence-electron chi connectivity index (χ1n) is 9.00. The number of rotatable bonds is 4. The predicted octanol–water partition coefficient (Wildman–Crippen LogP) is 2.67. The summed E-state index contributed by atoms with van der Waals surface area (Å²) in [6, 6.07) is 13.2. The van der Waals surface area contributed by atoms with Gasteiger partial charge in [-0.15, -0.1) is 0 Å². The van der Waals surface area contributed by atoms with Crippen molar-refractivity contribution in [3.63, 3.8) is 0 Å². The van der Waals surface area contributed by atoms with Gasteiger partial charge in [0.15, 0.2) is 0 Å². The lowest BCUT2D eigenvalue weighted by Crippen LogP contribution is -2.55. The van der Waals surface area contributed by atoms with E-state index < -0.39 is 5.92 Å². The second-order valence-corrected chi connectivity index (χ2v) is 6.77. The summed E-state index contributed by atoms with van der Waals surface area (Å²) in [7, 11) is 0. The fourth-order valence-corrected chi connectivity index (χ4v) is 4.11. The number of hydrogen-bond donors (Lipinski definition) is 1. The smallest absolute Gasteiger partial charge is 0.242 e. The van der Waals surface area contributed by atoms with Gasteiger partial charge in [0.05, 0.1) is 17.4 Å². The van der Waals surface area contributed by atoms with E-state index in [0.717, 1.165) is 24.3 Å². The topological polar surface area (TPSA) is 65.5 Å². The second-order valence-electron chi connectivity index (χ2n) is 6.77. The van der Waals surface area contributed by atoms with Gasteiger partial charge >= 0.3 is 0 Å². The van der Waals surface area contributed by atoms with Crippen molar-refractivity contribution in [2.45, 2.75) is 32.5 Å². The fourth-order valence-electron chi connectivity index (χ4n) is 4.11. The van der Waals surface area contributed by atoms with Crippen molar-refractivity contribution in [2.24, 2.45) is 5.92 Å². The van der Waals surface area contributed by atoms with Gasteiger partial charge in [-0.05, 0) is 37.6 Å². The van der Waals surface area contributed by atoms with Crippen molar-refractivity contribution < 1.29 is 9.59 Å². The van der Waals surface area contributed by atoms with E-state index in [-0.39, 0.29) is 23.9 Å². The van der Waals surface area contributed by atoms with Gasteiger partial charge in [0, 0.05) is 12.7 Å². The van der Waals surface area contributed by atoms with Gasteiger partial charge < -0.3 is 10.2 Å². The number of carbonyl (C=O) groups is 2. The molecule has 0 radical (unpaired) electrons. The molecule has 0 aliphatic carbocycles. The van der Waals surface area contributed by atoms with E-state index in [9.17, 15) is 9.59 Å². The molecule has 1 N–H and O–H groups in total. The Bertz CT molecular complexity index is 839. The summed E-state index contributed by atoms with van der Waals surface area (Å²) in [6.45, 7) is 4.40. The van der Waals surface area contributed by atoms with Crippen molar-refractivity contribution in [2.75, 3.05) is 21.7 Å². The third-order valence-corrected chi connectivity index (χ3v) is 5.12. The summed E-state index contributed by atoms with van der Waals surface area (Å²) in [5.41, 5.74) is 2.01. The van der Waals surface area contributed by atoms with Gasteiger partial charge in [-0.2, -0.15) is 0 Å². The molecule has 0 saturated carbocycles. The van der Waals surface area contributed by atoms with E-state index >= 15 is 0 Å². The number of amides is 1. The van der Waals surface area contributed by atoms with Gasteiger partial charge in [-0.1, -0.05) is 25.1 Å². The zero-order valence-electron chi connectivity index (χ0n) is 14.9. The molecule has 3 atom stereocenters. The van der Waals surface area contributed by atoms with Gasteiger partial charge in [0.1, 0.15) is 23.7 Å². The third kappa shape index (κ3) is 2.44. The van der Waals surface area contributed by atoms with Crippen molar-refractivity contribution in [1.82, 2.24) is 4.98 Å². The molecule has 2 aliphatic heterocycles. The highest BCUT2D eigenvalue weighted by atomic mass is 16.2. The van der Waals surface area contributed by atoms with E-state index in [2.05, 4.69) is 22.1 Å². The molecule has 0 unspecified atom stereocenters. The standard InChI is InChI=1S/C20H22N4O2/c1-3-12-23-15-9-5-4-8-14(15)22-19-18(23)17(13(2)25)20(26)24(19)16-10-6-7-11-21-16/h4-11,17-19,22H,3,12H2,1-2H3/t17-,18-,19-/m0/s1. The molecule has 1 saturated heterocycles. The van der Waals surface area contributed by atoms with Gasteiger partial charge in [-0.3, -0.25) is 14.5 Å². The largest absolute Gasteiger partial charge is 0.362 e. The number of ketones is 1. The highest BCUT2D eigenvalue weighted by Gasteiger charge is 2.55. The van der Waals surface area contributed by atoms with Crippen LogP contribution in [0.25, 0.3) is 0 Å². The fraction of sp³-hybridized carbons (Fsp3) is 0.350. The highest BCUT2D eigenvalue weighted by molar-refractivity contribution is 6.12. The molecule has 0 spiro atoms. The normalized spacial score (nSPS) is 24.1. The van der Waals surface area contributed by atoms with Crippen LogP contribution in [0.2, 0.25) is 0 Å². The Morgan fingerprint density at radius 1 is 1.19 bits per heavy atom. The van der Waals surface area contributed by atoms with Crippen molar-refractivity contribution in [1.29, 1.82) is 0 Å². The second kappa shape index (κ2) is 6.44. The molecule has 1 aromatic carbocycles. The monoisotopic (exact) mass is 350 g/mol. The summed E-state index contributed by atoms with van der Waals surface area (Å²) in [6.07, 6.45) is 2.27. The number of pyridine rings is 1. The van der Waals surface area contributed by atoms with E-state index in [1.807, 2.05) is 42.5 Å². The number of carbonyl (C=O) groups excluding carboxylic acids is 2. The Hall–Kier alpha value is -2.89. The summed E-state index contributed by atoms with van der Waals surface area (Å²) in [5, 5.41) is 3.48. The molecule has 1 fully saturated rings. The molecule has 26 heavy (non-hydrogen) atoms. The minimum Gasteiger partial charge on any atom is -0.362 e. The Morgan fingerprint density at radius 2 is 1.96 bits per heavy atom. The molecule has 2 aromatic rings. The SMILES string of the molecule is CCCN1c2ccccc2N[C@@H]2[C@@H]1[C@H](C(C)=O)C(=O)N2c1ccccn1. The van der Waals surface area contributed by atoms with Crippen LogP contribution in [-0.4, -0.2) is 35.4 Å². The van der Waals surface area contributed by atoms with E-state index in [1.165, 1.54) is 6.92 Å². The van der Waals surface area contributed by atoms with Crippen LogP contribution < -0.4 is 15.1 Å². The van der Waals surface area contributed by atoms with Crippen molar-refractivity contribution in [3.8, 4) is 0 Å². The number of aromatic nitrogens is 1. The van der Waals surface area contributed by atoms with E-state index in [1.54, 1.807) is 11.1 Å². The number of fused-ring (bicyclic) bond motifs is 2. The number of benzene rings is 1. The molecule has 3 heterocycles. The first-order valence-corrected chi connectivity index (χ1v) is 9.00. The van der Waals surface area contributed by atoms with Crippen LogP contribution in [0.15, 0.2) is 48.7 Å². The zero-order chi connectivity index (χ0) is 18.3. The maximum atomic E-state index is 13.2. The van der Waals surface area contributed by atoms with Crippen molar-refractivity contribution >= 4 is 28.9 Å². The predicted molar refractivity (Wildman–Crippen MR) is 101 cm³/mol. The lowest BCUT2D eigenvalue weighted by molar-refractivity contribution is -0.129. The minimum absolute atomic E-state index is 0.106. The number of hydrogen-bond acceptors (Lipinski definition) is 5. The first kappa shape index (κ1) is 16.6. The lowest BCUT2D eigenvalue weighted by Gasteiger charge is -2.43. The molecular formula is C20H22N4O2. The quantitative estimate of drug-likeness (QED) is 0.859. The Labute approximate surface area is 152 Å². The van der Waals surface area contributed by atoms with Crippen LogP contribution in [0.1, 0.15) is 20.3 Å². The molecule has 0 bridgehead atoms. The van der Waals surface area contributed by atoms with Crippen LogP contribution in [-0.2, 0) is 9.59 Å². The van der Waals surface area contributed by atoms with E-state index in [4.69, 9.17) is 0 Å². The Kier molecular flexibility index (Phi) is 4.11. The molecule has 6 heteroatoms. The van der Waals surface area contributed by atoms with Crippen LogP contribution in [0, 0.1) is 5.92 Å². The number of Topliss-reactive ketones (excluding diaryl/α,β-unsaturated/α-hetero) is 1. The molecule has 1 amide bonds. The molecule has 1 aromatic heterocycles. The minimum atomic E-state index is -0.700. The van der Waals surface area contributed by atoms with Crippen molar-refractivity contribution in [3.05, 3.63) is 48.7 Å². The van der Waals surface area contributed by atoms with E-state index in [0.29, 0.717) is 5.82 Å². The summed E-state index contributed by atoms with van der Waals surface area (Å²) >= 11 is 0. The lowest BCUT2D eigenvalue weighted by atomic mass is 9.93. The average Bonchev–Trinajstić information content (AvgIpc) is 2.94. The highest BCUT2D eigenvalue weighted by Crippen LogP contribution is 2.42. The maximum Gasteiger partial charge on any atom is 0.242 e. The van der Waals surface area contributed by atoms with Gasteiger partial charge in [0.2, 0.25) is 5.91 Å². The van der Waals surface area contributed by atoms with Crippen LogP contribution >= 0.6 is 0 Å². The summed E-state index contributed by atoms with van der Waals surface area (Å²) in [5.74, 6) is -0.424. The van der Waals surface area contributed by atoms with Crippen LogP contribution in [0.4, 0.5) is 17.2 Å². The third-order valence-electron chi connectivity index (χ3n) is 5.12. The number of nitrogens with zero attached hydrogens (tertiary/aromatic N) is 3. The molecule has 2 aliphatic rings. The molecule has 6 nitrogen and oxygen atoms in total. The number of para-hydroxylation sites is 2. The molecule has 4 rings (SSSR count). The summed E-state index contributed by atoms with van der Waals surface area (Å²) < 4.78 is 0. The molecule has 134 valence electrons. The number of anilines is 3. The van der Waals surface area contributed by atoms with Crippen LogP contribution in [0.5, 0.6) is 0 Å². The number of nitrogens with one attached hydrogen (secondary N) is 1. The Balaban J connectivity index is 1.86. The Morgan fingerprint density at radius 3 is 2.65 bits per heavy atom. The maximum absolute atomic E-state index is 13.2. The summed E-state index contributed by atoms with van der Waals surface area (Å²) in [4.78, 5) is 33.9. The average molecular weight is 350 g/mol. The molecular weight excluding hydrogens is 328 g/mol. The van der Waals surface area contributed by atoms with Crippen LogP contribution in [0.3, 0.4) is 0 Å². The van der Waals surface area contributed by atoms with Gasteiger partial charge in [-0.25, -0.2) is 4.98 Å². The zero-order valence-corrected chi connectivity index (χ0v) is 14.9. The van der Waals surface area contributed by atoms with Gasteiger partial charge in [0.25, 0.3) is 0 Å².